The first-order chi connectivity index (χ1) is 10.5. The topological polar surface area (TPSA) is 59.8 Å². The van der Waals surface area contributed by atoms with E-state index in [-0.39, 0.29) is 5.91 Å². The number of rotatable bonds is 3. The van der Waals surface area contributed by atoms with Crippen molar-refractivity contribution >= 4 is 33.3 Å². The van der Waals surface area contributed by atoms with E-state index in [4.69, 9.17) is 4.98 Å². The fraction of sp³-hybridized carbons (Fsp3) is 0.312. The average molecular weight is 314 g/mol. The summed E-state index contributed by atoms with van der Waals surface area (Å²) in [5.74, 6) is 0.632. The second-order valence-corrected chi connectivity index (χ2v) is 6.42. The van der Waals surface area contributed by atoms with E-state index >= 15 is 0 Å². The predicted octanol–water partition coefficient (Wildman–Crippen LogP) is 3.76. The van der Waals surface area contributed by atoms with Gasteiger partial charge in [-0.2, -0.15) is 9.78 Å². The van der Waals surface area contributed by atoms with Crippen molar-refractivity contribution in [2.45, 2.75) is 34.1 Å². The van der Waals surface area contributed by atoms with Crippen molar-refractivity contribution < 1.29 is 4.79 Å². The molecule has 0 radical (unpaired) electrons. The molecule has 0 spiro atoms. The highest BCUT2D eigenvalue weighted by molar-refractivity contribution is 7.20. The van der Waals surface area contributed by atoms with Crippen molar-refractivity contribution in [3.63, 3.8) is 0 Å². The molecule has 2 aromatic heterocycles. The summed E-state index contributed by atoms with van der Waals surface area (Å²) in [7, 11) is 0. The van der Waals surface area contributed by atoms with E-state index in [1.165, 1.54) is 5.56 Å². The summed E-state index contributed by atoms with van der Waals surface area (Å²) in [5.41, 5.74) is 4.21. The van der Waals surface area contributed by atoms with Crippen molar-refractivity contribution in [3.8, 4) is 5.13 Å². The number of hydrogen-bond donors (Lipinski definition) is 1. The van der Waals surface area contributed by atoms with Crippen LogP contribution < -0.4 is 5.32 Å². The van der Waals surface area contributed by atoms with Crippen LogP contribution in [0.2, 0.25) is 0 Å². The van der Waals surface area contributed by atoms with Gasteiger partial charge in [0, 0.05) is 12.5 Å². The van der Waals surface area contributed by atoms with Crippen LogP contribution in [0.3, 0.4) is 0 Å². The number of carbonyl (C=O) groups is 1. The maximum Gasteiger partial charge on any atom is 0.225 e. The molecule has 2 heterocycles. The molecule has 0 bridgehead atoms. The number of carbonyl (C=O) groups excluding carboxylic acids is 1. The van der Waals surface area contributed by atoms with Crippen molar-refractivity contribution in [2.75, 3.05) is 5.32 Å². The van der Waals surface area contributed by atoms with Crippen LogP contribution in [0.5, 0.6) is 0 Å². The van der Waals surface area contributed by atoms with Crippen LogP contribution in [-0.2, 0) is 4.79 Å². The third-order valence-corrected chi connectivity index (χ3v) is 4.40. The first-order valence-electron chi connectivity index (χ1n) is 7.22. The largest absolute Gasteiger partial charge is 0.311 e. The number of anilines is 1. The van der Waals surface area contributed by atoms with Crippen molar-refractivity contribution in [1.82, 2.24) is 14.8 Å². The van der Waals surface area contributed by atoms with E-state index in [2.05, 4.69) is 36.4 Å². The molecule has 0 aliphatic carbocycles. The molecule has 0 aliphatic heterocycles. The molecule has 0 saturated heterocycles. The van der Waals surface area contributed by atoms with Gasteiger partial charge in [0.2, 0.25) is 11.0 Å². The Morgan fingerprint density at radius 2 is 2.05 bits per heavy atom. The lowest BCUT2D eigenvalue weighted by Gasteiger charge is -2.04. The molecule has 0 atom stereocenters. The van der Waals surface area contributed by atoms with E-state index in [1.807, 2.05) is 19.9 Å². The van der Waals surface area contributed by atoms with Crippen LogP contribution in [0.15, 0.2) is 18.2 Å². The number of amides is 1. The third kappa shape index (κ3) is 2.62. The van der Waals surface area contributed by atoms with Crippen molar-refractivity contribution in [2.24, 2.45) is 0 Å². The number of fused-ring (bicyclic) bond motifs is 1. The lowest BCUT2D eigenvalue weighted by molar-refractivity contribution is -0.115. The molecule has 1 aromatic carbocycles. The van der Waals surface area contributed by atoms with Gasteiger partial charge in [-0.05, 0) is 38.0 Å². The lowest BCUT2D eigenvalue weighted by Crippen LogP contribution is -2.13. The Balaban J connectivity index is 2.11. The Kier molecular flexibility index (Phi) is 3.70. The molecular formula is C16H18N4OS. The van der Waals surface area contributed by atoms with Gasteiger partial charge in [-0.25, -0.2) is 4.98 Å². The molecule has 0 fully saturated rings. The van der Waals surface area contributed by atoms with Crippen LogP contribution in [-0.4, -0.2) is 20.7 Å². The Labute approximate surface area is 133 Å². The quantitative estimate of drug-likeness (QED) is 0.801. The predicted molar refractivity (Wildman–Crippen MR) is 89.9 cm³/mol. The van der Waals surface area contributed by atoms with Gasteiger partial charge in [-0.3, -0.25) is 4.79 Å². The smallest absolute Gasteiger partial charge is 0.225 e. The van der Waals surface area contributed by atoms with Gasteiger partial charge in [0.1, 0.15) is 5.82 Å². The number of nitrogens with zero attached hydrogens (tertiary/aromatic N) is 3. The number of aryl methyl sites for hydroxylation is 3. The third-order valence-electron chi connectivity index (χ3n) is 3.42. The van der Waals surface area contributed by atoms with Crippen LogP contribution in [0, 0.1) is 20.8 Å². The first kappa shape index (κ1) is 14.7. The minimum Gasteiger partial charge on any atom is -0.311 e. The summed E-state index contributed by atoms with van der Waals surface area (Å²) in [6, 6.07) is 6.11. The average Bonchev–Trinajstić information content (AvgIpc) is 3.02. The number of aromatic nitrogens is 3. The minimum absolute atomic E-state index is 0.0331. The van der Waals surface area contributed by atoms with E-state index in [0.717, 1.165) is 26.6 Å². The van der Waals surface area contributed by atoms with Crippen LogP contribution in [0.1, 0.15) is 30.2 Å². The summed E-state index contributed by atoms with van der Waals surface area (Å²) in [6.07, 6.45) is 0.433. The summed E-state index contributed by atoms with van der Waals surface area (Å²) in [4.78, 5) is 16.4. The Morgan fingerprint density at radius 1 is 1.27 bits per heavy atom. The van der Waals surface area contributed by atoms with Crippen LogP contribution >= 0.6 is 11.3 Å². The molecule has 3 rings (SSSR count). The number of thiazole rings is 1. The standard InChI is InChI=1S/C16H18N4OS/c1-5-14(21)17-13-8-11(4)19-20(13)16-18-15-10(3)6-9(2)7-12(15)22-16/h6-8H,5H2,1-4H3,(H,17,21). The number of hydrogen-bond acceptors (Lipinski definition) is 4. The summed E-state index contributed by atoms with van der Waals surface area (Å²) in [6.45, 7) is 7.87. The van der Waals surface area contributed by atoms with E-state index < -0.39 is 0 Å². The van der Waals surface area contributed by atoms with Gasteiger partial charge >= 0.3 is 0 Å². The number of benzene rings is 1. The molecule has 5 nitrogen and oxygen atoms in total. The Morgan fingerprint density at radius 3 is 2.77 bits per heavy atom. The zero-order valence-corrected chi connectivity index (χ0v) is 13.9. The second kappa shape index (κ2) is 5.53. The second-order valence-electron chi connectivity index (χ2n) is 5.41. The molecule has 3 aromatic rings. The Hall–Kier alpha value is -2.21. The van der Waals surface area contributed by atoms with Crippen molar-refractivity contribution in [1.29, 1.82) is 0 Å². The van der Waals surface area contributed by atoms with Crippen LogP contribution in [0.25, 0.3) is 15.3 Å². The van der Waals surface area contributed by atoms with Crippen LogP contribution in [0.4, 0.5) is 5.82 Å². The highest BCUT2D eigenvalue weighted by Gasteiger charge is 2.14. The maximum atomic E-state index is 11.7. The van der Waals surface area contributed by atoms with Gasteiger partial charge in [-0.15, -0.1) is 0 Å². The zero-order chi connectivity index (χ0) is 15.9. The molecule has 1 amide bonds. The highest BCUT2D eigenvalue weighted by Crippen LogP contribution is 2.30. The maximum absolute atomic E-state index is 11.7. The SMILES string of the molecule is CCC(=O)Nc1cc(C)nn1-c1nc2c(C)cc(C)cc2s1. The first-order valence-corrected chi connectivity index (χ1v) is 8.04. The van der Waals surface area contributed by atoms with Gasteiger partial charge in [0.15, 0.2) is 0 Å². The molecule has 6 heteroatoms. The molecule has 0 unspecified atom stereocenters. The monoisotopic (exact) mass is 314 g/mol. The lowest BCUT2D eigenvalue weighted by atomic mass is 10.1. The van der Waals surface area contributed by atoms with E-state index in [1.54, 1.807) is 16.0 Å². The highest BCUT2D eigenvalue weighted by atomic mass is 32.1. The Bertz CT molecular complexity index is 863. The molecule has 0 aliphatic rings. The summed E-state index contributed by atoms with van der Waals surface area (Å²) in [5, 5.41) is 8.11. The molecule has 114 valence electrons. The molecule has 22 heavy (non-hydrogen) atoms. The molecule has 0 saturated carbocycles. The van der Waals surface area contributed by atoms with Crippen molar-refractivity contribution in [3.05, 3.63) is 35.0 Å². The fourth-order valence-corrected chi connectivity index (χ4v) is 3.52. The van der Waals surface area contributed by atoms with E-state index in [0.29, 0.717) is 12.2 Å². The molecule has 1 N–H and O–H groups in total. The van der Waals surface area contributed by atoms with Gasteiger partial charge < -0.3 is 5.32 Å². The summed E-state index contributed by atoms with van der Waals surface area (Å²) >= 11 is 1.58. The fourth-order valence-electron chi connectivity index (χ4n) is 2.42. The summed E-state index contributed by atoms with van der Waals surface area (Å²) < 4.78 is 2.84. The minimum atomic E-state index is -0.0331. The van der Waals surface area contributed by atoms with Gasteiger partial charge in [0.25, 0.3) is 0 Å². The van der Waals surface area contributed by atoms with Gasteiger partial charge in [0.05, 0.1) is 15.9 Å². The normalized spacial score (nSPS) is 11.1. The zero-order valence-electron chi connectivity index (χ0n) is 13.1. The molecular weight excluding hydrogens is 296 g/mol. The van der Waals surface area contributed by atoms with E-state index in [9.17, 15) is 4.79 Å². The van der Waals surface area contributed by atoms with Gasteiger partial charge in [-0.1, -0.05) is 24.3 Å². The number of nitrogens with one attached hydrogen (secondary N) is 1.